The van der Waals surface area contributed by atoms with Crippen molar-refractivity contribution in [1.29, 1.82) is 0 Å². The molecular weight excluding hydrogens is 330 g/mol. The molecule has 1 aromatic carbocycles. The number of aromatic amines is 1. The molecule has 1 aromatic heterocycles. The van der Waals surface area contributed by atoms with Gasteiger partial charge in [0.05, 0.1) is 13.7 Å². The highest BCUT2D eigenvalue weighted by Gasteiger charge is 2.33. The van der Waals surface area contributed by atoms with E-state index >= 15 is 0 Å². The van der Waals surface area contributed by atoms with Gasteiger partial charge in [-0.25, -0.2) is 4.79 Å². The van der Waals surface area contributed by atoms with Gasteiger partial charge in [-0.1, -0.05) is 25.5 Å². The van der Waals surface area contributed by atoms with E-state index in [2.05, 4.69) is 4.98 Å². The van der Waals surface area contributed by atoms with E-state index in [1.165, 1.54) is 0 Å². The number of aromatic nitrogens is 1. The van der Waals surface area contributed by atoms with Crippen molar-refractivity contribution in [2.75, 3.05) is 13.7 Å². The molecular formula is C21H25NO4. The minimum atomic E-state index is -0.376. The zero-order valence-electron chi connectivity index (χ0n) is 15.6. The predicted octanol–water partition coefficient (Wildman–Crippen LogP) is 4.07. The van der Waals surface area contributed by atoms with Gasteiger partial charge in [0, 0.05) is 17.7 Å². The lowest BCUT2D eigenvalue weighted by molar-refractivity contribution is 0.0518. The number of fused-ring (bicyclic) bond motifs is 1. The number of Topliss-reactive ketones (excluding diaryl/α,β-unsaturated/α-hetero) is 1. The van der Waals surface area contributed by atoms with E-state index in [4.69, 9.17) is 9.47 Å². The molecule has 1 atom stereocenters. The molecule has 0 saturated heterocycles. The quantitative estimate of drug-likeness (QED) is 0.793. The topological polar surface area (TPSA) is 68.4 Å². The highest BCUT2D eigenvalue weighted by atomic mass is 16.5. The van der Waals surface area contributed by atoms with E-state index in [0.29, 0.717) is 37.1 Å². The largest absolute Gasteiger partial charge is 0.497 e. The van der Waals surface area contributed by atoms with Gasteiger partial charge in [-0.15, -0.1) is 0 Å². The molecule has 138 valence electrons. The summed E-state index contributed by atoms with van der Waals surface area (Å²) >= 11 is 0. The maximum atomic E-state index is 12.9. The number of H-pyrrole nitrogens is 1. The minimum Gasteiger partial charge on any atom is -0.497 e. The van der Waals surface area contributed by atoms with Crippen molar-refractivity contribution < 1.29 is 19.1 Å². The number of rotatable bonds is 6. The molecule has 1 aliphatic carbocycles. The number of methoxy groups -OCH3 is 1. The molecule has 0 unspecified atom stereocenters. The molecule has 0 spiro atoms. The maximum Gasteiger partial charge on any atom is 0.355 e. The van der Waals surface area contributed by atoms with Crippen LogP contribution in [0.15, 0.2) is 24.3 Å². The summed E-state index contributed by atoms with van der Waals surface area (Å²) in [5.41, 5.74) is 3.93. The van der Waals surface area contributed by atoms with Crippen molar-refractivity contribution in [2.45, 2.75) is 45.4 Å². The number of hydrogen-bond donors (Lipinski definition) is 1. The van der Waals surface area contributed by atoms with Crippen LogP contribution in [0.4, 0.5) is 0 Å². The molecule has 0 amide bonds. The molecule has 3 rings (SSSR count). The summed E-state index contributed by atoms with van der Waals surface area (Å²) in [5, 5.41) is 0. The SMILES string of the molecule is CCCc1c(C(=O)OCC)[nH]c2c1C(=O)C[C@@H](c1ccc(OC)cc1)C2. The second-order valence-electron chi connectivity index (χ2n) is 6.60. The van der Waals surface area contributed by atoms with E-state index in [1.54, 1.807) is 14.0 Å². The molecule has 0 aliphatic heterocycles. The first-order valence-corrected chi connectivity index (χ1v) is 9.16. The number of esters is 1. The standard InChI is InChI=1S/C21H25NO4/c1-4-6-16-19-17(22-20(16)21(24)26-5-2)11-14(12-18(19)23)13-7-9-15(25-3)10-8-13/h7-10,14,22H,4-6,11-12H2,1-3H3/t14-/m0/s1. The number of carbonyl (C=O) groups is 2. The summed E-state index contributed by atoms with van der Waals surface area (Å²) in [6.45, 7) is 4.14. The lowest BCUT2D eigenvalue weighted by Gasteiger charge is -2.22. The number of carbonyl (C=O) groups excluding carboxylic acids is 2. The van der Waals surface area contributed by atoms with Gasteiger partial charge in [-0.05, 0) is 48.9 Å². The van der Waals surface area contributed by atoms with Crippen molar-refractivity contribution >= 4 is 11.8 Å². The van der Waals surface area contributed by atoms with Crippen molar-refractivity contribution in [3.8, 4) is 5.75 Å². The van der Waals surface area contributed by atoms with Crippen LogP contribution >= 0.6 is 0 Å². The van der Waals surface area contributed by atoms with Crippen LogP contribution in [0.5, 0.6) is 5.75 Å². The van der Waals surface area contributed by atoms with Gasteiger partial charge in [0.1, 0.15) is 11.4 Å². The Hall–Kier alpha value is -2.56. The molecule has 0 saturated carbocycles. The summed E-state index contributed by atoms with van der Waals surface area (Å²) in [6.07, 6.45) is 2.73. The molecule has 2 aromatic rings. The molecule has 1 aliphatic rings. The number of hydrogen-bond acceptors (Lipinski definition) is 4. The van der Waals surface area contributed by atoms with Gasteiger partial charge in [0.2, 0.25) is 0 Å². The highest BCUT2D eigenvalue weighted by molar-refractivity contribution is 6.03. The van der Waals surface area contributed by atoms with Crippen molar-refractivity contribution in [2.24, 2.45) is 0 Å². The van der Waals surface area contributed by atoms with E-state index in [1.807, 2.05) is 31.2 Å². The smallest absolute Gasteiger partial charge is 0.355 e. The Bertz CT molecular complexity index is 804. The van der Waals surface area contributed by atoms with Gasteiger partial charge in [0.25, 0.3) is 0 Å². The first-order chi connectivity index (χ1) is 12.6. The lowest BCUT2D eigenvalue weighted by Crippen LogP contribution is -2.19. The molecule has 1 heterocycles. The third-order valence-electron chi connectivity index (χ3n) is 4.91. The average molecular weight is 355 g/mol. The number of ether oxygens (including phenoxy) is 2. The molecule has 0 radical (unpaired) electrons. The van der Waals surface area contributed by atoms with Crippen molar-refractivity contribution in [1.82, 2.24) is 4.98 Å². The molecule has 0 bridgehead atoms. The molecule has 5 heteroatoms. The minimum absolute atomic E-state index is 0.0994. The summed E-state index contributed by atoms with van der Waals surface area (Å²) in [4.78, 5) is 28.4. The van der Waals surface area contributed by atoms with Crippen LogP contribution in [0.1, 0.15) is 70.3 Å². The fourth-order valence-electron chi connectivity index (χ4n) is 3.72. The monoisotopic (exact) mass is 355 g/mol. The molecule has 26 heavy (non-hydrogen) atoms. The predicted molar refractivity (Wildman–Crippen MR) is 99.1 cm³/mol. The van der Waals surface area contributed by atoms with E-state index in [-0.39, 0.29) is 17.7 Å². The summed E-state index contributed by atoms with van der Waals surface area (Å²) in [6, 6.07) is 7.83. The van der Waals surface area contributed by atoms with Crippen LogP contribution in [-0.2, 0) is 17.6 Å². The zero-order chi connectivity index (χ0) is 18.7. The van der Waals surface area contributed by atoms with Crippen LogP contribution < -0.4 is 4.74 Å². The average Bonchev–Trinajstić information content (AvgIpc) is 3.01. The Labute approximate surface area is 153 Å². The van der Waals surface area contributed by atoms with E-state index < -0.39 is 0 Å². The van der Waals surface area contributed by atoms with Crippen molar-refractivity contribution in [3.05, 3.63) is 52.3 Å². The maximum absolute atomic E-state index is 12.9. The lowest BCUT2D eigenvalue weighted by atomic mass is 9.81. The van der Waals surface area contributed by atoms with E-state index in [0.717, 1.165) is 29.0 Å². The van der Waals surface area contributed by atoms with Gasteiger partial charge in [0.15, 0.2) is 5.78 Å². The third-order valence-corrected chi connectivity index (χ3v) is 4.91. The molecule has 1 N–H and O–H groups in total. The second kappa shape index (κ2) is 7.77. The number of ketones is 1. The molecule has 5 nitrogen and oxygen atoms in total. The fourth-order valence-corrected chi connectivity index (χ4v) is 3.72. The zero-order valence-corrected chi connectivity index (χ0v) is 15.6. The molecule has 0 fully saturated rings. The van der Waals surface area contributed by atoms with E-state index in [9.17, 15) is 9.59 Å². The van der Waals surface area contributed by atoms with Crippen LogP contribution in [0.25, 0.3) is 0 Å². The fraction of sp³-hybridized carbons (Fsp3) is 0.429. The van der Waals surface area contributed by atoms with Crippen LogP contribution in [0.2, 0.25) is 0 Å². The Balaban J connectivity index is 1.95. The van der Waals surface area contributed by atoms with Crippen LogP contribution in [0.3, 0.4) is 0 Å². The first kappa shape index (κ1) is 18.2. The van der Waals surface area contributed by atoms with Gasteiger partial charge >= 0.3 is 5.97 Å². The van der Waals surface area contributed by atoms with Gasteiger partial charge in [-0.3, -0.25) is 4.79 Å². The second-order valence-corrected chi connectivity index (χ2v) is 6.60. The third kappa shape index (κ3) is 3.39. The Kier molecular flexibility index (Phi) is 5.45. The van der Waals surface area contributed by atoms with Gasteiger partial charge in [-0.2, -0.15) is 0 Å². The Morgan fingerprint density at radius 3 is 2.54 bits per heavy atom. The summed E-state index contributed by atoms with van der Waals surface area (Å²) in [7, 11) is 1.64. The highest BCUT2D eigenvalue weighted by Crippen LogP contribution is 2.36. The van der Waals surface area contributed by atoms with Crippen molar-refractivity contribution in [3.63, 3.8) is 0 Å². The Morgan fingerprint density at radius 2 is 1.92 bits per heavy atom. The van der Waals surface area contributed by atoms with Crippen LogP contribution in [0, 0.1) is 0 Å². The first-order valence-electron chi connectivity index (χ1n) is 9.16. The summed E-state index contributed by atoms with van der Waals surface area (Å²) in [5.74, 6) is 0.622. The van der Waals surface area contributed by atoms with Crippen LogP contribution in [-0.4, -0.2) is 30.5 Å². The normalized spacial score (nSPS) is 16.3. The van der Waals surface area contributed by atoms with Gasteiger partial charge < -0.3 is 14.5 Å². The number of benzene rings is 1. The summed E-state index contributed by atoms with van der Waals surface area (Å²) < 4.78 is 10.4. The Morgan fingerprint density at radius 1 is 1.19 bits per heavy atom. The number of nitrogens with one attached hydrogen (secondary N) is 1.